The molecule has 0 aromatic heterocycles. The molecule has 0 aliphatic rings. The summed E-state index contributed by atoms with van der Waals surface area (Å²) in [5.74, 6) is 1.48. The van der Waals surface area contributed by atoms with E-state index in [0.29, 0.717) is 6.61 Å². The molecule has 0 aromatic rings. The van der Waals surface area contributed by atoms with Crippen LogP contribution in [0, 0.1) is 11.8 Å². The van der Waals surface area contributed by atoms with Gasteiger partial charge in [0.2, 0.25) is 0 Å². The minimum absolute atomic E-state index is 0.698. The van der Waals surface area contributed by atoms with E-state index in [1.807, 2.05) is 0 Å². The van der Waals surface area contributed by atoms with E-state index in [9.17, 15) is 0 Å². The van der Waals surface area contributed by atoms with Crippen LogP contribution in [0.1, 0.15) is 40.0 Å². The largest absolute Gasteiger partial charge is 0.382 e. The van der Waals surface area contributed by atoms with Crippen LogP contribution in [0.5, 0.6) is 0 Å². The summed E-state index contributed by atoms with van der Waals surface area (Å²) in [6.45, 7) is 11.3. The van der Waals surface area contributed by atoms with Gasteiger partial charge in [0, 0.05) is 13.7 Å². The average molecular weight is 245 g/mol. The molecule has 0 aliphatic carbocycles. The lowest BCUT2D eigenvalue weighted by atomic mass is 10.00. The molecule has 3 heteroatoms. The Labute approximate surface area is 107 Å². The fourth-order valence-electron chi connectivity index (χ4n) is 1.83. The van der Waals surface area contributed by atoms with Crippen molar-refractivity contribution in [2.75, 3.05) is 40.0 Å². The fourth-order valence-corrected chi connectivity index (χ4v) is 1.83. The fraction of sp³-hybridized carbons (Fsp3) is 1.00. The zero-order valence-corrected chi connectivity index (χ0v) is 12.1. The molecule has 0 saturated heterocycles. The van der Waals surface area contributed by atoms with Gasteiger partial charge >= 0.3 is 0 Å². The van der Waals surface area contributed by atoms with Gasteiger partial charge in [-0.1, -0.05) is 27.2 Å². The van der Waals surface area contributed by atoms with Gasteiger partial charge in [0.15, 0.2) is 0 Å². The van der Waals surface area contributed by atoms with Crippen LogP contribution in [-0.2, 0) is 9.47 Å². The number of hydrogen-bond acceptors (Lipinski definition) is 3. The van der Waals surface area contributed by atoms with E-state index >= 15 is 0 Å². The number of methoxy groups -OCH3 is 1. The quantitative estimate of drug-likeness (QED) is 0.536. The Morgan fingerprint density at radius 2 is 1.76 bits per heavy atom. The molecule has 17 heavy (non-hydrogen) atoms. The highest BCUT2D eigenvalue weighted by molar-refractivity contribution is 4.63. The van der Waals surface area contributed by atoms with Crippen molar-refractivity contribution in [3.05, 3.63) is 0 Å². The lowest BCUT2D eigenvalue weighted by Gasteiger charge is -2.17. The molecule has 1 N–H and O–H groups in total. The summed E-state index contributed by atoms with van der Waals surface area (Å²) < 4.78 is 10.5. The smallest absolute Gasteiger partial charge is 0.0700 e. The van der Waals surface area contributed by atoms with Gasteiger partial charge in [0.1, 0.15) is 0 Å². The molecule has 0 heterocycles. The zero-order valence-electron chi connectivity index (χ0n) is 12.1. The van der Waals surface area contributed by atoms with E-state index in [4.69, 9.17) is 9.47 Å². The van der Waals surface area contributed by atoms with E-state index in [2.05, 4.69) is 26.1 Å². The topological polar surface area (TPSA) is 30.5 Å². The molecular weight excluding hydrogens is 214 g/mol. The van der Waals surface area contributed by atoms with Crippen LogP contribution in [-0.4, -0.2) is 40.0 Å². The van der Waals surface area contributed by atoms with Crippen LogP contribution in [0.25, 0.3) is 0 Å². The maximum Gasteiger partial charge on any atom is 0.0700 e. The van der Waals surface area contributed by atoms with Gasteiger partial charge in [-0.25, -0.2) is 0 Å². The maximum atomic E-state index is 5.53. The molecule has 0 saturated carbocycles. The van der Waals surface area contributed by atoms with Crippen molar-refractivity contribution in [3.8, 4) is 0 Å². The SMILES string of the molecule is CCCC(CCOCCOC)CNCC(C)C. The standard InChI is InChI=1S/C14H31NO2/c1-5-6-14(12-15-11-13(2)3)7-8-17-10-9-16-4/h13-15H,5-12H2,1-4H3. The van der Waals surface area contributed by atoms with E-state index in [0.717, 1.165) is 44.6 Å². The summed E-state index contributed by atoms with van der Waals surface area (Å²) in [5.41, 5.74) is 0. The average Bonchev–Trinajstić information content (AvgIpc) is 2.28. The van der Waals surface area contributed by atoms with Crippen molar-refractivity contribution < 1.29 is 9.47 Å². The lowest BCUT2D eigenvalue weighted by molar-refractivity contribution is 0.0630. The first-order valence-corrected chi connectivity index (χ1v) is 6.98. The van der Waals surface area contributed by atoms with Gasteiger partial charge < -0.3 is 14.8 Å². The molecule has 0 bridgehead atoms. The maximum absolute atomic E-state index is 5.53. The van der Waals surface area contributed by atoms with Gasteiger partial charge in [-0.3, -0.25) is 0 Å². The number of rotatable bonds is 12. The summed E-state index contributed by atoms with van der Waals surface area (Å²) in [7, 11) is 1.71. The minimum atomic E-state index is 0.698. The van der Waals surface area contributed by atoms with Gasteiger partial charge in [-0.2, -0.15) is 0 Å². The second kappa shape index (κ2) is 12.3. The van der Waals surface area contributed by atoms with Gasteiger partial charge in [0.25, 0.3) is 0 Å². The van der Waals surface area contributed by atoms with Crippen molar-refractivity contribution in [2.24, 2.45) is 11.8 Å². The second-order valence-electron chi connectivity index (χ2n) is 5.10. The summed E-state index contributed by atoms with van der Waals surface area (Å²) in [4.78, 5) is 0. The molecule has 104 valence electrons. The van der Waals surface area contributed by atoms with E-state index in [1.165, 1.54) is 12.8 Å². The minimum Gasteiger partial charge on any atom is -0.382 e. The first-order chi connectivity index (χ1) is 8.20. The molecule has 1 unspecified atom stereocenters. The van der Waals surface area contributed by atoms with Crippen molar-refractivity contribution in [3.63, 3.8) is 0 Å². The van der Waals surface area contributed by atoms with Gasteiger partial charge in [-0.05, 0) is 37.8 Å². The van der Waals surface area contributed by atoms with E-state index in [-0.39, 0.29) is 0 Å². The summed E-state index contributed by atoms with van der Waals surface area (Å²) in [6.07, 6.45) is 3.70. The first kappa shape index (κ1) is 16.9. The number of ether oxygens (including phenoxy) is 2. The van der Waals surface area contributed by atoms with Gasteiger partial charge in [0.05, 0.1) is 13.2 Å². The van der Waals surface area contributed by atoms with Crippen LogP contribution in [0.3, 0.4) is 0 Å². The highest BCUT2D eigenvalue weighted by atomic mass is 16.5. The predicted molar refractivity (Wildman–Crippen MR) is 73.4 cm³/mol. The van der Waals surface area contributed by atoms with E-state index in [1.54, 1.807) is 7.11 Å². The summed E-state index contributed by atoms with van der Waals surface area (Å²) in [5, 5.41) is 3.54. The van der Waals surface area contributed by atoms with Crippen LogP contribution in [0.4, 0.5) is 0 Å². The van der Waals surface area contributed by atoms with Crippen molar-refractivity contribution in [2.45, 2.75) is 40.0 Å². The lowest BCUT2D eigenvalue weighted by Crippen LogP contribution is -2.27. The molecular formula is C14H31NO2. The Morgan fingerprint density at radius 1 is 1.00 bits per heavy atom. The molecule has 0 aromatic carbocycles. The Balaban J connectivity index is 3.52. The van der Waals surface area contributed by atoms with Crippen LogP contribution >= 0.6 is 0 Å². The molecule has 0 radical (unpaired) electrons. The van der Waals surface area contributed by atoms with Crippen molar-refractivity contribution in [1.29, 1.82) is 0 Å². The predicted octanol–water partition coefficient (Wildman–Crippen LogP) is 2.70. The van der Waals surface area contributed by atoms with Crippen molar-refractivity contribution in [1.82, 2.24) is 5.32 Å². The number of hydrogen-bond donors (Lipinski definition) is 1. The summed E-state index contributed by atoms with van der Waals surface area (Å²) >= 11 is 0. The Hall–Kier alpha value is -0.120. The Morgan fingerprint density at radius 3 is 2.35 bits per heavy atom. The number of nitrogens with one attached hydrogen (secondary N) is 1. The third-order valence-electron chi connectivity index (χ3n) is 2.78. The highest BCUT2D eigenvalue weighted by Gasteiger charge is 2.07. The molecule has 0 spiro atoms. The Bertz CT molecular complexity index is 151. The molecule has 3 nitrogen and oxygen atoms in total. The zero-order chi connectivity index (χ0) is 12.9. The van der Waals surface area contributed by atoms with Crippen LogP contribution in [0.15, 0.2) is 0 Å². The third-order valence-corrected chi connectivity index (χ3v) is 2.78. The molecule has 0 aliphatic heterocycles. The molecule has 0 amide bonds. The van der Waals surface area contributed by atoms with E-state index < -0.39 is 0 Å². The second-order valence-corrected chi connectivity index (χ2v) is 5.10. The highest BCUT2D eigenvalue weighted by Crippen LogP contribution is 2.10. The normalized spacial score (nSPS) is 13.2. The third kappa shape index (κ3) is 12.1. The first-order valence-electron chi connectivity index (χ1n) is 6.98. The Kier molecular flexibility index (Phi) is 12.3. The van der Waals surface area contributed by atoms with Gasteiger partial charge in [-0.15, -0.1) is 0 Å². The molecule has 0 rings (SSSR count). The van der Waals surface area contributed by atoms with Crippen LogP contribution < -0.4 is 5.32 Å². The van der Waals surface area contributed by atoms with Crippen LogP contribution in [0.2, 0.25) is 0 Å². The van der Waals surface area contributed by atoms with Crippen molar-refractivity contribution >= 4 is 0 Å². The monoisotopic (exact) mass is 245 g/mol. The molecule has 0 fully saturated rings. The molecule has 1 atom stereocenters. The summed E-state index contributed by atoms with van der Waals surface area (Å²) in [6, 6.07) is 0.